The number of hydrogen-bond acceptors (Lipinski definition) is 5. The van der Waals surface area contributed by atoms with Crippen LogP contribution in [-0.2, 0) is 4.79 Å². The predicted molar refractivity (Wildman–Crippen MR) is 153 cm³/mol. The maximum Gasteiger partial charge on any atom is 0.335 e. The molecule has 1 saturated heterocycles. The number of pyridine rings is 1. The van der Waals surface area contributed by atoms with Crippen molar-refractivity contribution >= 4 is 40.6 Å². The molecule has 198 valence electrons. The Balaban J connectivity index is 1.61. The average Bonchev–Trinajstić information content (AvgIpc) is 3.58. The highest BCUT2D eigenvalue weighted by Crippen LogP contribution is 2.43. The van der Waals surface area contributed by atoms with E-state index < -0.39 is 5.97 Å². The molecular weight excluding hydrogens is 514 g/mol. The number of carbonyl (C=O) groups is 2. The first-order valence-electron chi connectivity index (χ1n) is 12.4. The van der Waals surface area contributed by atoms with Gasteiger partial charge < -0.3 is 29.9 Å². The van der Waals surface area contributed by atoms with Crippen molar-refractivity contribution in [1.82, 2.24) is 14.9 Å². The molecule has 3 heterocycles. The summed E-state index contributed by atoms with van der Waals surface area (Å²) < 4.78 is 7.63. The van der Waals surface area contributed by atoms with Gasteiger partial charge in [0.05, 0.1) is 30.1 Å². The van der Waals surface area contributed by atoms with Crippen LogP contribution in [-0.4, -0.2) is 38.8 Å². The van der Waals surface area contributed by atoms with E-state index in [9.17, 15) is 14.7 Å². The van der Waals surface area contributed by atoms with E-state index in [1.54, 1.807) is 50.6 Å². The summed E-state index contributed by atoms with van der Waals surface area (Å²) in [4.78, 5) is 30.0. The van der Waals surface area contributed by atoms with Crippen LogP contribution >= 0.6 is 12.2 Å². The van der Waals surface area contributed by atoms with Crippen molar-refractivity contribution in [1.29, 1.82) is 0 Å². The minimum Gasteiger partial charge on any atom is -0.494 e. The first-order chi connectivity index (χ1) is 18.9. The van der Waals surface area contributed by atoms with Crippen molar-refractivity contribution in [2.75, 3.05) is 17.3 Å². The van der Waals surface area contributed by atoms with Crippen LogP contribution in [0, 0.1) is 0 Å². The summed E-state index contributed by atoms with van der Waals surface area (Å²) in [5.41, 5.74) is 4.12. The van der Waals surface area contributed by atoms with Crippen LogP contribution in [0.15, 0.2) is 85.2 Å². The van der Waals surface area contributed by atoms with E-state index in [1.807, 2.05) is 58.1 Å². The molecule has 9 nitrogen and oxygen atoms in total. The number of aromatic carboxylic acids is 1. The van der Waals surface area contributed by atoms with E-state index in [4.69, 9.17) is 17.0 Å². The number of aromatic nitrogens is 2. The standard InChI is InChI=1S/C29H27N5O4S/c1-3-25(35)31-21-14-13-20(17-24(21)38-2)34-27(26(32-29(34)39)22-7-4-5-15-30-22)23-8-6-16-33(23)19-11-9-18(10-12-19)28(36)37/h4-17,26-27H,3H2,1-2H3,(H,31,35)(H,32,39)(H,36,37). The Morgan fingerprint density at radius 1 is 1.08 bits per heavy atom. The number of benzene rings is 2. The van der Waals surface area contributed by atoms with Crippen molar-refractivity contribution in [3.8, 4) is 11.4 Å². The zero-order chi connectivity index (χ0) is 27.5. The number of carboxylic acid groups (broad SMARTS) is 1. The van der Waals surface area contributed by atoms with Crippen LogP contribution < -0.4 is 20.3 Å². The SMILES string of the molecule is CCC(=O)Nc1ccc(N2C(=S)NC(c3ccccn3)C2c2cccn2-c2ccc(C(=O)O)cc2)cc1OC. The van der Waals surface area contributed by atoms with Gasteiger partial charge in [-0.05, 0) is 72.9 Å². The summed E-state index contributed by atoms with van der Waals surface area (Å²) in [5, 5.41) is 16.2. The van der Waals surface area contributed by atoms with Gasteiger partial charge in [0.25, 0.3) is 0 Å². The molecular formula is C29H27N5O4S. The molecule has 1 aliphatic heterocycles. The van der Waals surface area contributed by atoms with Gasteiger partial charge in [0.1, 0.15) is 11.8 Å². The minimum absolute atomic E-state index is 0.112. The molecule has 10 heteroatoms. The van der Waals surface area contributed by atoms with Gasteiger partial charge in [-0.2, -0.15) is 0 Å². The number of hydrogen-bond donors (Lipinski definition) is 3. The maximum atomic E-state index is 12.0. The third kappa shape index (κ3) is 5.06. The van der Waals surface area contributed by atoms with Crippen molar-refractivity contribution in [2.24, 2.45) is 0 Å². The molecule has 39 heavy (non-hydrogen) atoms. The average molecular weight is 542 g/mol. The lowest BCUT2D eigenvalue weighted by atomic mass is 10.0. The zero-order valence-corrected chi connectivity index (χ0v) is 22.2. The number of thiocarbonyl (C=S) groups is 1. The zero-order valence-electron chi connectivity index (χ0n) is 21.4. The van der Waals surface area contributed by atoms with Crippen LogP contribution in [0.2, 0.25) is 0 Å². The van der Waals surface area contributed by atoms with Gasteiger partial charge in [-0.25, -0.2) is 4.79 Å². The minimum atomic E-state index is -0.978. The van der Waals surface area contributed by atoms with Crippen molar-refractivity contribution < 1.29 is 19.4 Å². The highest BCUT2D eigenvalue weighted by atomic mass is 32.1. The van der Waals surface area contributed by atoms with E-state index in [0.717, 1.165) is 22.8 Å². The number of carboxylic acids is 1. The smallest absolute Gasteiger partial charge is 0.335 e. The molecule has 0 spiro atoms. The van der Waals surface area contributed by atoms with E-state index in [0.29, 0.717) is 23.0 Å². The fourth-order valence-corrected chi connectivity index (χ4v) is 5.09. The number of ether oxygens (including phenoxy) is 1. The molecule has 1 aliphatic rings. The molecule has 2 unspecified atom stereocenters. The van der Waals surface area contributed by atoms with Gasteiger partial charge in [0.15, 0.2) is 5.11 Å². The Morgan fingerprint density at radius 3 is 2.51 bits per heavy atom. The van der Waals surface area contributed by atoms with Crippen LogP contribution in [0.4, 0.5) is 11.4 Å². The summed E-state index contributed by atoms with van der Waals surface area (Å²) >= 11 is 5.86. The quantitative estimate of drug-likeness (QED) is 0.264. The predicted octanol–water partition coefficient (Wildman–Crippen LogP) is 5.10. The molecule has 2 atom stereocenters. The first kappa shape index (κ1) is 25.9. The summed E-state index contributed by atoms with van der Waals surface area (Å²) in [6.07, 6.45) is 4.03. The van der Waals surface area contributed by atoms with E-state index in [2.05, 4.69) is 15.6 Å². The second-order valence-corrected chi connectivity index (χ2v) is 9.32. The van der Waals surface area contributed by atoms with Crippen LogP contribution in [0.25, 0.3) is 5.69 Å². The number of rotatable bonds is 8. The number of anilines is 2. The number of nitrogens with one attached hydrogen (secondary N) is 2. The van der Waals surface area contributed by atoms with E-state index in [-0.39, 0.29) is 23.6 Å². The highest BCUT2D eigenvalue weighted by molar-refractivity contribution is 7.80. The summed E-state index contributed by atoms with van der Waals surface area (Å²) in [7, 11) is 1.56. The van der Waals surface area contributed by atoms with Crippen molar-refractivity contribution in [2.45, 2.75) is 25.4 Å². The monoisotopic (exact) mass is 541 g/mol. The fraction of sp³-hybridized carbons (Fsp3) is 0.172. The third-order valence-corrected chi connectivity index (χ3v) is 6.95. The highest BCUT2D eigenvalue weighted by Gasteiger charge is 2.42. The molecule has 0 radical (unpaired) electrons. The Bertz CT molecular complexity index is 1520. The maximum absolute atomic E-state index is 12.0. The Kier molecular flexibility index (Phi) is 7.29. The Labute approximate surface area is 231 Å². The first-order valence-corrected chi connectivity index (χ1v) is 12.8. The normalized spacial score (nSPS) is 16.6. The number of methoxy groups -OCH3 is 1. The van der Waals surface area contributed by atoms with Gasteiger partial charge in [0.2, 0.25) is 5.91 Å². The summed E-state index contributed by atoms with van der Waals surface area (Å²) in [5.74, 6) is -0.579. The van der Waals surface area contributed by atoms with E-state index >= 15 is 0 Å². The molecule has 0 bridgehead atoms. The molecule has 1 amide bonds. The molecule has 2 aromatic carbocycles. The number of carbonyl (C=O) groups excluding carboxylic acids is 1. The molecule has 2 aromatic heterocycles. The number of amides is 1. The molecule has 0 aliphatic carbocycles. The topological polar surface area (TPSA) is 109 Å². The molecule has 0 saturated carbocycles. The van der Waals surface area contributed by atoms with Crippen LogP contribution in [0.3, 0.4) is 0 Å². The number of nitrogens with zero attached hydrogens (tertiary/aromatic N) is 3. The van der Waals surface area contributed by atoms with Crippen LogP contribution in [0.5, 0.6) is 5.75 Å². The molecule has 1 fully saturated rings. The third-order valence-electron chi connectivity index (χ3n) is 6.63. The van der Waals surface area contributed by atoms with Crippen LogP contribution in [0.1, 0.15) is 47.2 Å². The summed E-state index contributed by atoms with van der Waals surface area (Å²) in [6, 6.07) is 21.4. The Hall–Kier alpha value is -4.70. The Morgan fingerprint density at radius 2 is 1.85 bits per heavy atom. The van der Waals surface area contributed by atoms with Gasteiger partial charge in [0, 0.05) is 41.9 Å². The molecule has 3 N–H and O–H groups in total. The second-order valence-electron chi connectivity index (χ2n) is 8.94. The van der Waals surface area contributed by atoms with Crippen molar-refractivity contribution in [3.63, 3.8) is 0 Å². The van der Waals surface area contributed by atoms with Gasteiger partial charge in [-0.3, -0.25) is 9.78 Å². The summed E-state index contributed by atoms with van der Waals surface area (Å²) in [6.45, 7) is 1.79. The molecule has 5 rings (SSSR count). The lowest BCUT2D eigenvalue weighted by Gasteiger charge is -2.29. The largest absolute Gasteiger partial charge is 0.494 e. The van der Waals surface area contributed by atoms with Crippen molar-refractivity contribution in [3.05, 3.63) is 102 Å². The van der Waals surface area contributed by atoms with Gasteiger partial charge in [-0.15, -0.1) is 0 Å². The van der Waals surface area contributed by atoms with Gasteiger partial charge in [-0.1, -0.05) is 13.0 Å². The second kappa shape index (κ2) is 11.0. The van der Waals surface area contributed by atoms with Gasteiger partial charge >= 0.3 is 5.97 Å². The lowest BCUT2D eigenvalue weighted by Crippen LogP contribution is -2.30. The molecule has 4 aromatic rings. The van der Waals surface area contributed by atoms with E-state index in [1.165, 1.54) is 0 Å². The lowest BCUT2D eigenvalue weighted by molar-refractivity contribution is -0.115. The fourth-order valence-electron chi connectivity index (χ4n) is 4.74.